The number of aryl methyl sites for hydroxylation is 1. The molecule has 2 rings (SSSR count). The number of halogens is 2. The quantitative estimate of drug-likeness (QED) is 0.885. The Hall–Kier alpha value is -2.35. The Morgan fingerprint density at radius 3 is 2.48 bits per heavy atom. The van der Waals surface area contributed by atoms with Crippen LogP contribution in [0.5, 0.6) is 0 Å². The summed E-state index contributed by atoms with van der Waals surface area (Å²) in [5.74, 6) is -3.53. The molecule has 0 radical (unpaired) electrons. The Bertz CT molecular complexity index is 695. The predicted molar refractivity (Wildman–Crippen MR) is 72.5 cm³/mol. The van der Waals surface area contributed by atoms with Crippen LogP contribution >= 0.6 is 11.3 Å². The van der Waals surface area contributed by atoms with Crippen molar-refractivity contribution in [3.63, 3.8) is 0 Å². The maximum absolute atomic E-state index is 13.5. The molecule has 0 bridgehead atoms. The summed E-state index contributed by atoms with van der Waals surface area (Å²) >= 11 is 0.864. The molecule has 1 aromatic carbocycles. The highest BCUT2D eigenvalue weighted by atomic mass is 32.1. The first-order chi connectivity index (χ1) is 9.93. The number of carbonyl (C=O) groups is 2. The number of aromatic nitrogens is 1. The van der Waals surface area contributed by atoms with Gasteiger partial charge in [-0.05, 0) is 19.1 Å². The van der Waals surface area contributed by atoms with Crippen molar-refractivity contribution < 1.29 is 23.1 Å². The highest BCUT2D eigenvalue weighted by molar-refractivity contribution is 7.17. The minimum atomic E-state index is -0.978. The van der Waals surface area contributed by atoms with E-state index in [1.165, 1.54) is 7.11 Å². The summed E-state index contributed by atoms with van der Waals surface area (Å²) in [6, 6.07) is 3.11. The first-order valence-electron chi connectivity index (χ1n) is 5.75. The van der Waals surface area contributed by atoms with Crippen molar-refractivity contribution in [3.8, 4) is 0 Å². The van der Waals surface area contributed by atoms with Crippen LogP contribution in [-0.4, -0.2) is 24.0 Å². The molecule has 1 aromatic heterocycles. The van der Waals surface area contributed by atoms with Crippen molar-refractivity contribution in [2.24, 2.45) is 0 Å². The van der Waals surface area contributed by atoms with Gasteiger partial charge in [0, 0.05) is 0 Å². The van der Waals surface area contributed by atoms with Gasteiger partial charge in [0.05, 0.1) is 12.8 Å². The van der Waals surface area contributed by atoms with Gasteiger partial charge in [-0.2, -0.15) is 0 Å². The summed E-state index contributed by atoms with van der Waals surface area (Å²) in [7, 11) is 1.22. The van der Waals surface area contributed by atoms with Crippen LogP contribution in [0.3, 0.4) is 0 Å². The molecule has 5 nitrogen and oxygen atoms in total. The number of anilines is 1. The van der Waals surface area contributed by atoms with E-state index >= 15 is 0 Å². The van der Waals surface area contributed by atoms with Crippen LogP contribution in [-0.2, 0) is 4.74 Å². The van der Waals surface area contributed by atoms with Crippen LogP contribution in [0.25, 0.3) is 0 Å². The van der Waals surface area contributed by atoms with Crippen LogP contribution in [0.4, 0.5) is 13.9 Å². The van der Waals surface area contributed by atoms with Crippen molar-refractivity contribution in [3.05, 3.63) is 46.0 Å². The van der Waals surface area contributed by atoms with Crippen molar-refractivity contribution in [1.82, 2.24) is 4.98 Å². The minimum absolute atomic E-state index is 0.0561. The van der Waals surface area contributed by atoms with Gasteiger partial charge in [-0.25, -0.2) is 18.6 Å². The van der Waals surface area contributed by atoms with Crippen LogP contribution in [0.2, 0.25) is 0 Å². The first-order valence-corrected chi connectivity index (χ1v) is 6.56. The summed E-state index contributed by atoms with van der Waals surface area (Å²) in [5.41, 5.74) is -0.346. The van der Waals surface area contributed by atoms with E-state index in [1.807, 2.05) is 0 Å². The average Bonchev–Trinajstić information content (AvgIpc) is 2.78. The second kappa shape index (κ2) is 5.96. The number of nitrogens with one attached hydrogen (secondary N) is 1. The number of esters is 1. The van der Waals surface area contributed by atoms with Crippen molar-refractivity contribution in [1.29, 1.82) is 0 Å². The number of ether oxygens (including phenoxy) is 1. The third kappa shape index (κ3) is 3.05. The molecule has 0 aliphatic heterocycles. The fourth-order valence-electron chi connectivity index (χ4n) is 1.61. The maximum Gasteiger partial charge on any atom is 0.350 e. The van der Waals surface area contributed by atoms with Gasteiger partial charge in [-0.3, -0.25) is 10.1 Å². The summed E-state index contributed by atoms with van der Waals surface area (Å²) in [4.78, 5) is 27.5. The molecule has 2 aromatic rings. The molecule has 0 saturated carbocycles. The van der Waals surface area contributed by atoms with Crippen molar-refractivity contribution >= 4 is 28.3 Å². The molecule has 0 aliphatic carbocycles. The Balaban J connectivity index is 2.26. The number of rotatable bonds is 3. The zero-order chi connectivity index (χ0) is 15.6. The summed E-state index contributed by atoms with van der Waals surface area (Å²) in [6.45, 7) is 1.56. The Morgan fingerprint density at radius 2 is 1.90 bits per heavy atom. The predicted octanol–water partition coefficient (Wildman–Crippen LogP) is 2.77. The van der Waals surface area contributed by atoms with Crippen LogP contribution < -0.4 is 5.32 Å². The van der Waals surface area contributed by atoms with Gasteiger partial charge >= 0.3 is 5.97 Å². The topological polar surface area (TPSA) is 68.3 Å². The highest BCUT2D eigenvalue weighted by Gasteiger charge is 2.21. The molecule has 0 saturated heterocycles. The van der Waals surface area contributed by atoms with E-state index in [-0.39, 0.29) is 10.0 Å². The number of benzene rings is 1. The number of methoxy groups -OCH3 is 1. The van der Waals surface area contributed by atoms with Gasteiger partial charge in [-0.1, -0.05) is 17.4 Å². The van der Waals surface area contributed by atoms with Gasteiger partial charge in [0.15, 0.2) is 5.13 Å². The van der Waals surface area contributed by atoms with E-state index in [1.54, 1.807) is 6.92 Å². The lowest BCUT2D eigenvalue weighted by Crippen LogP contribution is -2.15. The Morgan fingerprint density at radius 1 is 1.29 bits per heavy atom. The molecule has 8 heteroatoms. The van der Waals surface area contributed by atoms with Gasteiger partial charge in [0.1, 0.15) is 22.1 Å². The van der Waals surface area contributed by atoms with Gasteiger partial charge in [-0.15, -0.1) is 0 Å². The summed E-state index contributed by atoms with van der Waals surface area (Å²) in [6.07, 6.45) is 0. The van der Waals surface area contributed by atoms with Crippen molar-refractivity contribution in [2.45, 2.75) is 6.92 Å². The number of hydrogen-bond donors (Lipinski definition) is 1. The molecule has 110 valence electrons. The van der Waals surface area contributed by atoms with E-state index in [0.29, 0.717) is 5.69 Å². The molecule has 1 N–H and O–H groups in total. The molecule has 21 heavy (non-hydrogen) atoms. The standard InChI is InChI=1S/C13H10F2N2O3S/c1-6-10(12(19)20-2)21-13(16-6)17-11(18)9-7(14)4-3-5-8(9)15/h3-5H,1-2H3,(H,16,17,18). The molecular formula is C13H10F2N2O3S. The van der Waals surface area contributed by atoms with Crippen LogP contribution in [0.15, 0.2) is 18.2 Å². The normalized spacial score (nSPS) is 10.3. The van der Waals surface area contributed by atoms with Gasteiger partial charge in [0.2, 0.25) is 0 Å². The molecule has 0 fully saturated rings. The zero-order valence-corrected chi connectivity index (χ0v) is 11.9. The summed E-state index contributed by atoms with van der Waals surface area (Å²) < 4.78 is 31.5. The third-order valence-corrected chi connectivity index (χ3v) is 3.63. The van der Waals surface area contributed by atoms with Gasteiger partial charge < -0.3 is 4.74 Å². The number of nitrogens with zero attached hydrogens (tertiary/aromatic N) is 1. The number of carbonyl (C=O) groups excluding carboxylic acids is 2. The Kier molecular flexibility index (Phi) is 4.27. The van der Waals surface area contributed by atoms with Crippen LogP contribution in [0.1, 0.15) is 25.7 Å². The summed E-state index contributed by atoms with van der Waals surface area (Å²) in [5, 5.41) is 2.32. The lowest BCUT2D eigenvalue weighted by molar-refractivity contribution is 0.0605. The molecular weight excluding hydrogens is 302 g/mol. The SMILES string of the molecule is COC(=O)c1sc(NC(=O)c2c(F)cccc2F)nc1C. The smallest absolute Gasteiger partial charge is 0.350 e. The molecule has 0 atom stereocenters. The lowest BCUT2D eigenvalue weighted by Gasteiger charge is -2.03. The first kappa shape index (κ1) is 15.0. The fraction of sp³-hybridized carbons (Fsp3) is 0.154. The monoisotopic (exact) mass is 312 g/mol. The third-order valence-electron chi connectivity index (χ3n) is 2.58. The van der Waals surface area contributed by atoms with E-state index < -0.39 is 29.1 Å². The zero-order valence-electron chi connectivity index (χ0n) is 11.1. The van der Waals surface area contributed by atoms with Gasteiger partial charge in [0.25, 0.3) is 5.91 Å². The largest absolute Gasteiger partial charge is 0.465 e. The molecule has 0 aliphatic rings. The van der Waals surface area contributed by atoms with Crippen LogP contribution in [0, 0.1) is 18.6 Å². The molecule has 1 amide bonds. The van der Waals surface area contributed by atoms with Crippen molar-refractivity contribution in [2.75, 3.05) is 12.4 Å². The van der Waals surface area contributed by atoms with E-state index in [9.17, 15) is 18.4 Å². The minimum Gasteiger partial charge on any atom is -0.465 e. The molecule has 0 spiro atoms. The second-order valence-corrected chi connectivity index (χ2v) is 4.97. The molecule has 0 unspecified atom stereocenters. The molecule has 1 heterocycles. The number of amides is 1. The maximum atomic E-state index is 13.5. The second-order valence-electron chi connectivity index (χ2n) is 3.98. The Labute approximate surface area is 122 Å². The average molecular weight is 312 g/mol. The lowest BCUT2D eigenvalue weighted by atomic mass is 10.2. The number of hydrogen-bond acceptors (Lipinski definition) is 5. The van der Waals surface area contributed by atoms with E-state index in [4.69, 9.17) is 0 Å². The number of thiazole rings is 1. The fourth-order valence-corrected chi connectivity index (χ4v) is 2.49. The van der Waals surface area contributed by atoms with E-state index in [2.05, 4.69) is 15.0 Å². The highest BCUT2D eigenvalue weighted by Crippen LogP contribution is 2.24. The van der Waals surface area contributed by atoms with E-state index in [0.717, 1.165) is 29.5 Å².